The van der Waals surface area contributed by atoms with E-state index in [4.69, 9.17) is 4.74 Å². The van der Waals surface area contributed by atoms with Crippen molar-refractivity contribution in [3.8, 4) is 11.5 Å². The number of hydrogen-bond acceptors (Lipinski definition) is 3. The van der Waals surface area contributed by atoms with E-state index in [1.807, 2.05) is 72.9 Å². The number of hydrogen-bond donors (Lipinski definition) is 0. The van der Waals surface area contributed by atoms with Crippen LogP contribution in [0.3, 0.4) is 0 Å². The Kier molecular flexibility index (Phi) is 5.20. The summed E-state index contributed by atoms with van der Waals surface area (Å²) in [5.74, 6) is 1.33. The second-order valence-corrected chi connectivity index (χ2v) is 12.2. The van der Waals surface area contributed by atoms with Gasteiger partial charge in [-0.3, -0.25) is 4.98 Å². The smallest absolute Gasteiger partial charge is 0.178 e. The van der Waals surface area contributed by atoms with Crippen LogP contribution in [0, 0.1) is 0 Å². The maximum Gasteiger partial charge on any atom is 0.178 e. The highest BCUT2D eigenvalue weighted by molar-refractivity contribution is 7.85. The minimum absolute atomic E-state index is 0.659. The molecule has 2 heterocycles. The molecule has 1 aromatic heterocycles. The van der Waals surface area contributed by atoms with Crippen molar-refractivity contribution in [3.05, 3.63) is 133 Å². The molecule has 4 heteroatoms. The first kappa shape index (κ1) is 22.0. The molecule has 37 heavy (non-hydrogen) atoms. The van der Waals surface area contributed by atoms with Gasteiger partial charge in [0.05, 0.1) is 10.6 Å². The number of benzene rings is 4. The van der Waals surface area contributed by atoms with Crippen molar-refractivity contribution >= 4 is 45.0 Å². The molecule has 0 fully saturated rings. The molecule has 1 unspecified atom stereocenters. The van der Waals surface area contributed by atoms with Gasteiger partial charge in [-0.1, -0.05) is 78.9 Å². The fourth-order valence-electron chi connectivity index (χ4n) is 5.41. The molecule has 3 nitrogen and oxygen atoms in total. The normalized spacial score (nSPS) is 18.3. The zero-order valence-electron chi connectivity index (χ0n) is 20.2. The van der Waals surface area contributed by atoms with Crippen LogP contribution in [0.1, 0.15) is 24.0 Å². The molecule has 0 saturated heterocycles. The van der Waals surface area contributed by atoms with E-state index in [0.29, 0.717) is 11.5 Å². The highest BCUT2D eigenvalue weighted by atomic mass is 31.2. The summed E-state index contributed by atoms with van der Waals surface area (Å²) in [6.45, 7) is 0. The second kappa shape index (κ2) is 8.73. The Balaban J connectivity index is 1.41. The summed E-state index contributed by atoms with van der Waals surface area (Å²) in [5.41, 5.74) is 4.59. The zero-order chi connectivity index (χ0) is 24.8. The van der Waals surface area contributed by atoms with Crippen LogP contribution < -0.4 is 20.7 Å². The molecule has 0 N–H and O–H groups in total. The Morgan fingerprint density at radius 3 is 2.32 bits per heavy atom. The number of rotatable bonds is 3. The first-order valence-electron chi connectivity index (χ1n) is 12.5. The summed E-state index contributed by atoms with van der Waals surface area (Å²) in [4.78, 5) is 4.30. The number of allylic oxidation sites excluding steroid dienone is 4. The molecule has 1 aliphatic heterocycles. The minimum Gasteiger partial charge on any atom is -0.456 e. The topological polar surface area (TPSA) is 39.2 Å². The predicted octanol–water partition coefficient (Wildman–Crippen LogP) is 7.24. The van der Waals surface area contributed by atoms with Crippen LogP contribution in [0.2, 0.25) is 0 Å². The third kappa shape index (κ3) is 3.66. The number of fused-ring (bicyclic) bond motifs is 3. The molecule has 5 aromatic rings. The molecule has 0 bridgehead atoms. The van der Waals surface area contributed by atoms with E-state index < -0.39 is 7.14 Å². The molecule has 0 amide bonds. The third-order valence-corrected chi connectivity index (χ3v) is 10.4. The summed E-state index contributed by atoms with van der Waals surface area (Å²) >= 11 is 0. The molecule has 7 rings (SSSR count). The molecular formula is C33H24NO2P. The van der Waals surface area contributed by atoms with E-state index >= 15 is 4.57 Å². The standard InChI is InChI=1S/C33H24NO2P/c35-37(29-13-2-1-3-14-29)32-21-27(23-10-6-11-24(18-23)28-12-7-17-34-22-28)15-16-30(32)36-31-19-25-8-4-5-9-26(25)20-33(31)37/h1-5,7-10,12-22H,6,11H2. The van der Waals surface area contributed by atoms with E-state index in [2.05, 4.69) is 47.5 Å². The average molecular weight is 498 g/mol. The molecule has 178 valence electrons. The molecule has 4 aromatic carbocycles. The van der Waals surface area contributed by atoms with Gasteiger partial charge < -0.3 is 9.30 Å². The second-order valence-electron chi connectivity index (χ2n) is 9.51. The quantitative estimate of drug-likeness (QED) is 0.242. The Morgan fingerprint density at radius 1 is 0.730 bits per heavy atom. The summed E-state index contributed by atoms with van der Waals surface area (Å²) in [6.07, 6.45) is 10.2. The largest absolute Gasteiger partial charge is 0.456 e. The molecular weight excluding hydrogens is 473 g/mol. The van der Waals surface area contributed by atoms with Crippen molar-refractivity contribution in [2.24, 2.45) is 0 Å². The van der Waals surface area contributed by atoms with Crippen molar-refractivity contribution in [2.75, 3.05) is 0 Å². The molecule has 0 radical (unpaired) electrons. The molecule has 0 spiro atoms. The van der Waals surface area contributed by atoms with E-state index in [0.717, 1.165) is 56.2 Å². The molecule has 2 aliphatic rings. The highest BCUT2D eigenvalue weighted by Gasteiger charge is 2.39. The lowest BCUT2D eigenvalue weighted by Crippen LogP contribution is -2.31. The monoisotopic (exact) mass is 497 g/mol. The van der Waals surface area contributed by atoms with E-state index in [-0.39, 0.29) is 0 Å². The van der Waals surface area contributed by atoms with Gasteiger partial charge in [-0.15, -0.1) is 0 Å². The van der Waals surface area contributed by atoms with Gasteiger partial charge >= 0.3 is 0 Å². The number of aromatic nitrogens is 1. The lowest BCUT2D eigenvalue weighted by atomic mass is 9.91. The fourth-order valence-corrected chi connectivity index (χ4v) is 8.31. The number of ether oxygens (including phenoxy) is 1. The summed E-state index contributed by atoms with van der Waals surface area (Å²) in [6, 6.07) is 32.3. The van der Waals surface area contributed by atoms with Gasteiger partial charge in [-0.25, -0.2) is 0 Å². The predicted molar refractivity (Wildman–Crippen MR) is 153 cm³/mol. The highest BCUT2D eigenvalue weighted by Crippen LogP contribution is 2.52. The first-order valence-corrected chi connectivity index (χ1v) is 14.2. The Labute approximate surface area is 216 Å². The van der Waals surface area contributed by atoms with Gasteiger partial charge in [0.1, 0.15) is 11.5 Å². The SMILES string of the molecule is O=P1(c2ccccc2)c2cc(C3=CCCC(c4cccnc4)=C3)ccc2Oc2cc3ccccc3cc21. The van der Waals surface area contributed by atoms with Crippen LogP contribution in [0.15, 0.2) is 122 Å². The number of pyridine rings is 1. The summed E-state index contributed by atoms with van der Waals surface area (Å²) in [5, 5.41) is 4.45. The van der Waals surface area contributed by atoms with Crippen LogP contribution in [0.4, 0.5) is 0 Å². The van der Waals surface area contributed by atoms with Gasteiger partial charge in [-0.2, -0.15) is 0 Å². The summed E-state index contributed by atoms with van der Waals surface area (Å²) in [7, 11) is -3.18. The van der Waals surface area contributed by atoms with Crippen molar-refractivity contribution in [3.63, 3.8) is 0 Å². The molecule has 0 saturated carbocycles. The maximum absolute atomic E-state index is 15.3. The first-order chi connectivity index (χ1) is 18.2. The van der Waals surface area contributed by atoms with Crippen molar-refractivity contribution in [1.29, 1.82) is 0 Å². The van der Waals surface area contributed by atoms with Gasteiger partial charge in [0, 0.05) is 17.7 Å². The van der Waals surface area contributed by atoms with Crippen LogP contribution in [0.5, 0.6) is 11.5 Å². The van der Waals surface area contributed by atoms with E-state index in [9.17, 15) is 0 Å². The lowest BCUT2D eigenvalue weighted by Gasteiger charge is -2.30. The maximum atomic E-state index is 15.3. The van der Waals surface area contributed by atoms with Crippen molar-refractivity contribution in [1.82, 2.24) is 4.98 Å². The van der Waals surface area contributed by atoms with E-state index in [1.54, 1.807) is 6.20 Å². The van der Waals surface area contributed by atoms with Crippen LogP contribution in [-0.4, -0.2) is 4.98 Å². The third-order valence-electron chi connectivity index (χ3n) is 7.28. The molecule has 1 atom stereocenters. The average Bonchev–Trinajstić information content (AvgIpc) is 2.97. The van der Waals surface area contributed by atoms with Gasteiger partial charge in [0.25, 0.3) is 0 Å². The Bertz CT molecular complexity index is 1770. The van der Waals surface area contributed by atoms with Crippen molar-refractivity contribution in [2.45, 2.75) is 12.8 Å². The van der Waals surface area contributed by atoms with Gasteiger partial charge in [0.2, 0.25) is 0 Å². The lowest BCUT2D eigenvalue weighted by molar-refractivity contribution is 0.486. The van der Waals surface area contributed by atoms with Crippen LogP contribution >= 0.6 is 7.14 Å². The number of nitrogens with zero attached hydrogens (tertiary/aromatic N) is 1. The van der Waals surface area contributed by atoms with Crippen LogP contribution in [-0.2, 0) is 4.57 Å². The Morgan fingerprint density at radius 2 is 1.51 bits per heavy atom. The van der Waals surface area contributed by atoms with Crippen LogP contribution in [0.25, 0.3) is 21.9 Å². The minimum atomic E-state index is -3.18. The zero-order valence-corrected chi connectivity index (χ0v) is 21.1. The molecule has 1 aliphatic carbocycles. The van der Waals surface area contributed by atoms with E-state index in [1.165, 1.54) is 5.57 Å². The Hall–Kier alpha value is -4.20. The van der Waals surface area contributed by atoms with Crippen molar-refractivity contribution < 1.29 is 9.30 Å². The summed E-state index contributed by atoms with van der Waals surface area (Å²) < 4.78 is 21.7. The van der Waals surface area contributed by atoms with Gasteiger partial charge in [-0.05, 0) is 76.2 Å². The fraction of sp³-hybridized carbons (Fsp3) is 0.0606. The van der Waals surface area contributed by atoms with Gasteiger partial charge in [0.15, 0.2) is 7.14 Å².